The number of carbonyl (C=O) groups is 2. The Morgan fingerprint density at radius 3 is 2.45 bits per heavy atom. The van der Waals surface area contributed by atoms with Gasteiger partial charge in [0.1, 0.15) is 0 Å². The van der Waals surface area contributed by atoms with Crippen molar-refractivity contribution in [2.24, 2.45) is 0 Å². The van der Waals surface area contributed by atoms with Crippen molar-refractivity contribution in [2.45, 2.75) is 25.8 Å². The molecule has 1 unspecified atom stereocenters. The highest BCUT2D eigenvalue weighted by Gasteiger charge is 2.19. The Hall–Kier alpha value is -2.63. The monoisotopic (exact) mass is 426 g/mol. The van der Waals surface area contributed by atoms with Crippen molar-refractivity contribution in [1.82, 2.24) is 10.6 Å². The van der Waals surface area contributed by atoms with Crippen LogP contribution in [0.4, 0.5) is 0 Å². The van der Waals surface area contributed by atoms with Gasteiger partial charge >= 0.3 is 0 Å². The van der Waals surface area contributed by atoms with Gasteiger partial charge in [0.2, 0.25) is 5.91 Å². The molecule has 0 aliphatic carbocycles. The van der Waals surface area contributed by atoms with Crippen molar-refractivity contribution in [1.29, 1.82) is 0 Å². The van der Waals surface area contributed by atoms with Gasteiger partial charge in [-0.2, -0.15) is 0 Å². The fourth-order valence-corrected chi connectivity index (χ4v) is 4.08. The smallest absolute Gasteiger partial charge is 0.253 e. The number of halogens is 1. The first-order valence-electron chi connectivity index (χ1n) is 9.52. The second-order valence-electron chi connectivity index (χ2n) is 6.67. The molecule has 0 aliphatic rings. The van der Waals surface area contributed by atoms with E-state index in [0.29, 0.717) is 10.6 Å². The average Bonchev–Trinajstić information content (AvgIpc) is 3.26. The second-order valence-corrected chi connectivity index (χ2v) is 8.06. The highest BCUT2D eigenvalue weighted by molar-refractivity contribution is 7.10. The van der Waals surface area contributed by atoms with E-state index in [4.69, 9.17) is 11.6 Å². The summed E-state index contributed by atoms with van der Waals surface area (Å²) in [5, 5.41) is 8.01. The van der Waals surface area contributed by atoms with Crippen LogP contribution < -0.4 is 10.6 Å². The lowest BCUT2D eigenvalue weighted by atomic mass is 10.0. The maximum absolute atomic E-state index is 12.6. The molecule has 29 heavy (non-hydrogen) atoms. The van der Waals surface area contributed by atoms with Gasteiger partial charge in [0.05, 0.1) is 23.2 Å². The molecular weight excluding hydrogens is 404 g/mol. The first-order chi connectivity index (χ1) is 14.1. The Labute approximate surface area is 179 Å². The zero-order valence-corrected chi connectivity index (χ0v) is 17.7. The van der Waals surface area contributed by atoms with E-state index in [1.54, 1.807) is 35.6 Å². The lowest BCUT2D eigenvalue weighted by molar-refractivity contribution is -0.120. The molecule has 1 heterocycles. The molecule has 4 nitrogen and oxygen atoms in total. The summed E-state index contributed by atoms with van der Waals surface area (Å²) < 4.78 is 0. The molecule has 3 aromatic rings. The molecule has 6 heteroatoms. The number of aryl methyl sites for hydroxylation is 1. The fourth-order valence-electron chi connectivity index (χ4n) is 3.05. The van der Waals surface area contributed by atoms with Gasteiger partial charge < -0.3 is 10.6 Å². The largest absolute Gasteiger partial charge is 0.343 e. The van der Waals surface area contributed by atoms with Crippen molar-refractivity contribution in [3.63, 3.8) is 0 Å². The highest BCUT2D eigenvalue weighted by atomic mass is 35.5. The SMILES string of the molecule is CCCc1ccc(C(NC(=O)CNC(=O)c2ccccc2Cl)c2cccs2)cc1. The lowest BCUT2D eigenvalue weighted by Gasteiger charge is -2.19. The highest BCUT2D eigenvalue weighted by Crippen LogP contribution is 2.26. The number of hydrogen-bond acceptors (Lipinski definition) is 3. The van der Waals surface area contributed by atoms with Gasteiger partial charge in [-0.3, -0.25) is 9.59 Å². The Bertz CT molecular complexity index is 955. The average molecular weight is 427 g/mol. The van der Waals surface area contributed by atoms with E-state index in [-0.39, 0.29) is 24.4 Å². The first kappa shape index (κ1) is 21.1. The summed E-state index contributed by atoms with van der Waals surface area (Å²) in [5.41, 5.74) is 2.64. The van der Waals surface area contributed by atoms with Crippen LogP contribution >= 0.6 is 22.9 Å². The van der Waals surface area contributed by atoms with E-state index >= 15 is 0 Å². The summed E-state index contributed by atoms with van der Waals surface area (Å²) >= 11 is 7.63. The van der Waals surface area contributed by atoms with Gasteiger partial charge in [-0.1, -0.05) is 67.4 Å². The maximum atomic E-state index is 12.6. The lowest BCUT2D eigenvalue weighted by Crippen LogP contribution is -2.38. The quantitative estimate of drug-likeness (QED) is 0.533. The van der Waals surface area contributed by atoms with Gasteiger partial charge in [0, 0.05) is 4.88 Å². The van der Waals surface area contributed by atoms with Crippen molar-refractivity contribution in [3.05, 3.63) is 92.6 Å². The normalized spacial score (nSPS) is 11.7. The molecule has 2 amide bonds. The Morgan fingerprint density at radius 1 is 1.03 bits per heavy atom. The minimum Gasteiger partial charge on any atom is -0.343 e. The second kappa shape index (κ2) is 10.2. The van der Waals surface area contributed by atoms with E-state index in [0.717, 1.165) is 23.3 Å². The van der Waals surface area contributed by atoms with Crippen LogP contribution in [0.3, 0.4) is 0 Å². The van der Waals surface area contributed by atoms with Crippen LogP contribution in [0.1, 0.15) is 45.7 Å². The summed E-state index contributed by atoms with van der Waals surface area (Å²) in [6, 6.07) is 18.8. The van der Waals surface area contributed by atoms with Gasteiger partial charge in [0.25, 0.3) is 5.91 Å². The number of carbonyl (C=O) groups excluding carboxylic acids is 2. The molecule has 0 saturated carbocycles. The number of nitrogens with one attached hydrogen (secondary N) is 2. The fraction of sp³-hybridized carbons (Fsp3) is 0.217. The van der Waals surface area contributed by atoms with Gasteiger partial charge in [-0.05, 0) is 41.1 Å². The van der Waals surface area contributed by atoms with Crippen molar-refractivity contribution >= 4 is 34.8 Å². The Balaban J connectivity index is 1.67. The van der Waals surface area contributed by atoms with Crippen LogP contribution in [-0.4, -0.2) is 18.4 Å². The molecule has 1 atom stereocenters. The molecular formula is C23H23ClN2O2S. The Morgan fingerprint density at radius 2 is 1.79 bits per heavy atom. The topological polar surface area (TPSA) is 58.2 Å². The van der Waals surface area contributed by atoms with Crippen LogP contribution in [0.25, 0.3) is 0 Å². The third-order valence-electron chi connectivity index (χ3n) is 4.51. The summed E-state index contributed by atoms with van der Waals surface area (Å²) in [5.74, 6) is -0.635. The van der Waals surface area contributed by atoms with E-state index in [2.05, 4.69) is 41.8 Å². The number of rotatable bonds is 8. The third kappa shape index (κ3) is 5.68. The zero-order valence-electron chi connectivity index (χ0n) is 16.2. The van der Waals surface area contributed by atoms with Crippen molar-refractivity contribution < 1.29 is 9.59 Å². The number of amides is 2. The standard InChI is InChI=1S/C23H23ClN2O2S/c1-2-6-16-10-12-17(13-11-16)22(20-9-5-14-29-20)26-21(27)15-25-23(28)18-7-3-4-8-19(18)24/h3-5,7-14,22H,2,6,15H2,1H3,(H,25,28)(H,26,27). The van der Waals surface area contributed by atoms with Crippen LogP contribution in [0.5, 0.6) is 0 Å². The van der Waals surface area contributed by atoms with E-state index < -0.39 is 0 Å². The minimum atomic E-state index is -0.373. The molecule has 2 N–H and O–H groups in total. The van der Waals surface area contributed by atoms with Crippen LogP contribution in [0.2, 0.25) is 5.02 Å². The molecule has 2 aromatic carbocycles. The number of hydrogen-bond donors (Lipinski definition) is 2. The third-order valence-corrected chi connectivity index (χ3v) is 5.78. The molecule has 0 saturated heterocycles. The van der Waals surface area contributed by atoms with E-state index in [1.807, 2.05) is 17.5 Å². The molecule has 0 fully saturated rings. The van der Waals surface area contributed by atoms with Gasteiger partial charge in [0.15, 0.2) is 0 Å². The van der Waals surface area contributed by atoms with E-state index in [9.17, 15) is 9.59 Å². The van der Waals surface area contributed by atoms with Gasteiger partial charge in [-0.15, -0.1) is 11.3 Å². The van der Waals surface area contributed by atoms with Crippen LogP contribution in [0.15, 0.2) is 66.0 Å². The molecule has 150 valence electrons. The van der Waals surface area contributed by atoms with Gasteiger partial charge in [-0.25, -0.2) is 0 Å². The Kier molecular flexibility index (Phi) is 7.44. The molecule has 0 bridgehead atoms. The summed E-state index contributed by atoms with van der Waals surface area (Å²) in [6.45, 7) is 2.03. The molecule has 1 aromatic heterocycles. The minimum absolute atomic E-state index is 0.125. The molecule has 0 spiro atoms. The van der Waals surface area contributed by atoms with Crippen LogP contribution in [0, 0.1) is 0 Å². The summed E-state index contributed by atoms with van der Waals surface area (Å²) in [6.07, 6.45) is 2.12. The van der Waals surface area contributed by atoms with E-state index in [1.165, 1.54) is 5.56 Å². The van der Waals surface area contributed by atoms with Crippen molar-refractivity contribution in [3.8, 4) is 0 Å². The first-order valence-corrected chi connectivity index (χ1v) is 10.8. The molecule has 3 rings (SSSR count). The maximum Gasteiger partial charge on any atom is 0.253 e. The van der Waals surface area contributed by atoms with Crippen molar-refractivity contribution in [2.75, 3.05) is 6.54 Å². The molecule has 0 aliphatic heterocycles. The summed E-state index contributed by atoms with van der Waals surface area (Å²) in [4.78, 5) is 25.9. The summed E-state index contributed by atoms with van der Waals surface area (Å²) in [7, 11) is 0. The predicted octanol–water partition coefficient (Wildman–Crippen LogP) is 4.99. The number of benzene rings is 2. The zero-order chi connectivity index (χ0) is 20.6. The molecule has 0 radical (unpaired) electrons. The predicted molar refractivity (Wildman–Crippen MR) is 119 cm³/mol. The van der Waals surface area contributed by atoms with Crippen LogP contribution in [-0.2, 0) is 11.2 Å². The number of thiophene rings is 1.